The number of nitrogens with one attached hydrogen (secondary N) is 1. The quantitative estimate of drug-likeness (QED) is 0.566. The molecule has 2 heterocycles. The lowest BCUT2D eigenvalue weighted by molar-refractivity contribution is -0.120. The van der Waals surface area contributed by atoms with Crippen LogP contribution in [0.1, 0.15) is 19.4 Å². The number of thioether (sulfide) groups is 1. The molecule has 1 aliphatic rings. The Morgan fingerprint density at radius 3 is 2.60 bits per heavy atom. The van der Waals surface area contributed by atoms with Gasteiger partial charge in [-0.2, -0.15) is 0 Å². The van der Waals surface area contributed by atoms with E-state index in [2.05, 4.69) is 15.5 Å². The Labute approximate surface area is 183 Å². The Morgan fingerprint density at radius 2 is 1.83 bits per heavy atom. The molecule has 1 aromatic heterocycles. The Kier molecular flexibility index (Phi) is 5.87. The van der Waals surface area contributed by atoms with Crippen molar-refractivity contribution in [1.29, 1.82) is 0 Å². The summed E-state index contributed by atoms with van der Waals surface area (Å²) in [5, 5.41) is 12.0. The molecule has 3 aromatic rings. The third-order valence-corrected chi connectivity index (χ3v) is 5.61. The Balaban J connectivity index is 1.36. The maximum atomic E-state index is 12.5. The first-order chi connectivity index (χ1) is 14.4. The topological polar surface area (TPSA) is 86.5 Å². The van der Waals surface area contributed by atoms with Crippen molar-refractivity contribution in [3.63, 3.8) is 0 Å². The first-order valence-corrected chi connectivity index (χ1v) is 10.7. The summed E-state index contributed by atoms with van der Waals surface area (Å²) in [6, 6.07) is 12.8. The van der Waals surface area contributed by atoms with Gasteiger partial charge in [-0.3, -0.25) is 4.79 Å². The predicted molar refractivity (Wildman–Crippen MR) is 114 cm³/mol. The van der Waals surface area contributed by atoms with Gasteiger partial charge in [-0.15, -0.1) is 10.2 Å². The zero-order valence-electron chi connectivity index (χ0n) is 16.5. The number of halogens is 1. The van der Waals surface area contributed by atoms with E-state index in [1.807, 2.05) is 32.0 Å². The predicted octanol–water partition coefficient (Wildman–Crippen LogP) is 4.30. The van der Waals surface area contributed by atoms with Crippen molar-refractivity contribution in [3.8, 4) is 23.0 Å². The van der Waals surface area contributed by atoms with E-state index in [0.29, 0.717) is 35.1 Å². The fourth-order valence-corrected chi connectivity index (χ4v) is 3.68. The van der Waals surface area contributed by atoms with Gasteiger partial charge in [0.25, 0.3) is 5.22 Å². The number of rotatable bonds is 6. The molecule has 30 heavy (non-hydrogen) atoms. The number of carbonyl (C=O) groups excluding carboxylic acids is 1. The first-order valence-electron chi connectivity index (χ1n) is 9.34. The second kappa shape index (κ2) is 8.57. The number of benzene rings is 2. The normalized spacial score (nSPS) is 13.2. The number of aromatic nitrogens is 2. The minimum Gasteiger partial charge on any atom is -0.486 e. The molecular weight excluding hydrogens is 426 g/mol. The van der Waals surface area contributed by atoms with Crippen LogP contribution in [-0.4, -0.2) is 35.1 Å². The molecule has 0 fully saturated rings. The van der Waals surface area contributed by atoms with E-state index in [1.54, 1.807) is 24.3 Å². The SMILES string of the molecule is CC(C)(NC(=O)CSc1nnc(-c2ccc(Cl)cc2)o1)c1ccc2c(c1)OCCO2. The molecule has 0 saturated heterocycles. The van der Waals surface area contributed by atoms with Crippen molar-refractivity contribution >= 4 is 29.3 Å². The number of carbonyl (C=O) groups is 1. The van der Waals surface area contributed by atoms with Crippen LogP contribution in [0.2, 0.25) is 5.02 Å². The standard InChI is InChI=1S/C21H20ClN3O4S/c1-21(2,14-5-8-16-17(11-14)28-10-9-27-16)23-18(26)12-30-20-25-24-19(29-20)13-3-6-15(22)7-4-13/h3-8,11H,9-10,12H2,1-2H3,(H,23,26). The summed E-state index contributed by atoms with van der Waals surface area (Å²) in [4.78, 5) is 12.5. The van der Waals surface area contributed by atoms with Crippen molar-refractivity contribution in [2.45, 2.75) is 24.6 Å². The van der Waals surface area contributed by atoms with Crippen LogP contribution in [0.25, 0.3) is 11.5 Å². The summed E-state index contributed by atoms with van der Waals surface area (Å²) in [7, 11) is 0. The van der Waals surface area contributed by atoms with E-state index in [9.17, 15) is 4.79 Å². The zero-order valence-corrected chi connectivity index (χ0v) is 18.0. The van der Waals surface area contributed by atoms with Gasteiger partial charge in [0.15, 0.2) is 11.5 Å². The van der Waals surface area contributed by atoms with Gasteiger partial charge in [0.1, 0.15) is 13.2 Å². The molecule has 1 aliphatic heterocycles. The summed E-state index contributed by atoms with van der Waals surface area (Å²) >= 11 is 7.08. The molecule has 156 valence electrons. The molecule has 0 aliphatic carbocycles. The lowest BCUT2D eigenvalue weighted by Gasteiger charge is -2.28. The maximum absolute atomic E-state index is 12.5. The minimum atomic E-state index is -0.587. The molecule has 4 rings (SSSR count). The van der Waals surface area contributed by atoms with E-state index in [-0.39, 0.29) is 11.7 Å². The molecule has 0 unspecified atom stereocenters. The molecule has 0 atom stereocenters. The lowest BCUT2D eigenvalue weighted by atomic mass is 9.93. The minimum absolute atomic E-state index is 0.147. The molecule has 1 amide bonds. The highest BCUT2D eigenvalue weighted by molar-refractivity contribution is 7.99. The van der Waals surface area contributed by atoms with Crippen molar-refractivity contribution in [1.82, 2.24) is 15.5 Å². The average molecular weight is 446 g/mol. The number of nitrogens with zero attached hydrogens (tertiary/aromatic N) is 2. The highest BCUT2D eigenvalue weighted by Gasteiger charge is 2.25. The van der Waals surface area contributed by atoms with E-state index in [4.69, 9.17) is 25.5 Å². The van der Waals surface area contributed by atoms with Gasteiger partial charge in [0, 0.05) is 10.6 Å². The molecule has 1 N–H and O–H groups in total. The molecule has 0 spiro atoms. The number of amides is 1. The number of hydrogen-bond donors (Lipinski definition) is 1. The molecule has 7 nitrogen and oxygen atoms in total. The monoisotopic (exact) mass is 445 g/mol. The van der Waals surface area contributed by atoms with E-state index < -0.39 is 5.54 Å². The Bertz CT molecular complexity index is 1050. The molecule has 0 radical (unpaired) electrons. The van der Waals surface area contributed by atoms with Gasteiger partial charge in [0.2, 0.25) is 11.8 Å². The van der Waals surface area contributed by atoms with Gasteiger partial charge in [-0.1, -0.05) is 29.4 Å². The van der Waals surface area contributed by atoms with Gasteiger partial charge < -0.3 is 19.2 Å². The summed E-state index contributed by atoms with van der Waals surface area (Å²) in [5.74, 6) is 1.79. The highest BCUT2D eigenvalue weighted by Crippen LogP contribution is 2.34. The first kappa shape index (κ1) is 20.6. The van der Waals surface area contributed by atoms with Crippen LogP contribution in [-0.2, 0) is 10.3 Å². The van der Waals surface area contributed by atoms with Crippen LogP contribution in [0, 0.1) is 0 Å². The summed E-state index contributed by atoms with van der Waals surface area (Å²) in [6.45, 7) is 4.93. The van der Waals surface area contributed by atoms with Gasteiger partial charge in [-0.25, -0.2) is 0 Å². The summed E-state index contributed by atoms with van der Waals surface area (Å²) < 4.78 is 16.8. The second-order valence-corrected chi connectivity index (χ2v) is 8.56. The molecule has 9 heteroatoms. The lowest BCUT2D eigenvalue weighted by Crippen LogP contribution is -2.42. The second-order valence-electron chi connectivity index (χ2n) is 7.20. The molecular formula is C21H20ClN3O4S. The van der Waals surface area contributed by atoms with Crippen LogP contribution in [0.3, 0.4) is 0 Å². The van der Waals surface area contributed by atoms with Crippen LogP contribution in [0.4, 0.5) is 0 Å². The molecule has 2 aromatic carbocycles. The third kappa shape index (κ3) is 4.71. The largest absolute Gasteiger partial charge is 0.486 e. The number of hydrogen-bond acceptors (Lipinski definition) is 7. The zero-order chi connectivity index (χ0) is 21.1. The van der Waals surface area contributed by atoms with Gasteiger partial charge in [0.05, 0.1) is 11.3 Å². The van der Waals surface area contributed by atoms with Crippen molar-refractivity contribution < 1.29 is 18.7 Å². The van der Waals surface area contributed by atoms with E-state index in [1.165, 1.54) is 11.8 Å². The van der Waals surface area contributed by atoms with Crippen LogP contribution >= 0.6 is 23.4 Å². The Morgan fingerprint density at radius 1 is 1.10 bits per heavy atom. The van der Waals surface area contributed by atoms with Crippen LogP contribution in [0.5, 0.6) is 11.5 Å². The van der Waals surface area contributed by atoms with Crippen LogP contribution in [0.15, 0.2) is 52.1 Å². The van der Waals surface area contributed by atoms with Crippen molar-refractivity contribution in [2.75, 3.05) is 19.0 Å². The third-order valence-electron chi connectivity index (χ3n) is 4.54. The average Bonchev–Trinajstić information content (AvgIpc) is 3.21. The number of ether oxygens (including phenoxy) is 2. The maximum Gasteiger partial charge on any atom is 0.277 e. The van der Waals surface area contributed by atoms with Crippen molar-refractivity contribution in [2.24, 2.45) is 0 Å². The van der Waals surface area contributed by atoms with Gasteiger partial charge >= 0.3 is 0 Å². The summed E-state index contributed by atoms with van der Waals surface area (Å²) in [5.41, 5.74) is 1.10. The van der Waals surface area contributed by atoms with Crippen LogP contribution < -0.4 is 14.8 Å². The Hall–Kier alpha value is -2.71. The van der Waals surface area contributed by atoms with Crippen molar-refractivity contribution in [3.05, 3.63) is 53.1 Å². The fourth-order valence-electron chi connectivity index (χ4n) is 2.99. The van der Waals surface area contributed by atoms with E-state index >= 15 is 0 Å². The van der Waals surface area contributed by atoms with E-state index in [0.717, 1.165) is 16.9 Å². The fraction of sp³-hybridized carbons (Fsp3) is 0.286. The molecule has 0 saturated carbocycles. The number of fused-ring (bicyclic) bond motifs is 1. The van der Waals surface area contributed by atoms with Gasteiger partial charge in [-0.05, 0) is 55.8 Å². The highest BCUT2D eigenvalue weighted by atomic mass is 35.5. The summed E-state index contributed by atoms with van der Waals surface area (Å²) in [6.07, 6.45) is 0. The smallest absolute Gasteiger partial charge is 0.277 e. The molecule has 0 bridgehead atoms.